The van der Waals surface area contributed by atoms with Gasteiger partial charge in [-0.1, -0.05) is 18.2 Å². The van der Waals surface area contributed by atoms with Crippen LogP contribution < -0.4 is 0 Å². The van der Waals surface area contributed by atoms with Crippen LogP contribution in [0.15, 0.2) is 30.3 Å². The van der Waals surface area contributed by atoms with E-state index in [1.807, 2.05) is 18.2 Å². The van der Waals surface area contributed by atoms with Crippen LogP contribution in [0.2, 0.25) is 0 Å². The minimum atomic E-state index is -0.324. The molecule has 0 atom stereocenters. The van der Waals surface area contributed by atoms with Gasteiger partial charge in [0, 0.05) is 13.1 Å². The molecule has 2 fully saturated rings. The van der Waals surface area contributed by atoms with Crippen molar-refractivity contribution >= 4 is 11.9 Å². The Morgan fingerprint density at radius 2 is 1.71 bits per heavy atom. The van der Waals surface area contributed by atoms with Gasteiger partial charge < -0.3 is 14.3 Å². The van der Waals surface area contributed by atoms with E-state index in [9.17, 15) is 9.59 Å². The van der Waals surface area contributed by atoms with Gasteiger partial charge in [0.25, 0.3) is 0 Å². The number of hydrogen-bond acceptors (Lipinski definition) is 6. The largest absolute Gasteiger partial charge is 0.469 e. The number of carbonyl (C=O) groups is 2. The molecule has 1 saturated carbocycles. The highest BCUT2D eigenvalue weighted by Gasteiger charge is 2.38. The van der Waals surface area contributed by atoms with E-state index in [2.05, 4.69) is 0 Å². The number of benzene rings is 1. The highest BCUT2D eigenvalue weighted by molar-refractivity contribution is 5.89. The van der Waals surface area contributed by atoms with Crippen molar-refractivity contribution in [3.05, 3.63) is 35.9 Å². The summed E-state index contributed by atoms with van der Waals surface area (Å²) in [5.74, 6) is -0.473. The Kier molecular flexibility index (Phi) is 5.48. The number of nitrogens with zero attached hydrogens (tertiary/aromatic N) is 1. The van der Waals surface area contributed by atoms with E-state index in [-0.39, 0.29) is 30.1 Å². The lowest BCUT2D eigenvalue weighted by molar-refractivity contribution is -0.169. The van der Waals surface area contributed by atoms with Gasteiger partial charge in [-0.05, 0) is 37.8 Å². The summed E-state index contributed by atoms with van der Waals surface area (Å²) in [6.45, 7) is 1.33. The van der Waals surface area contributed by atoms with Gasteiger partial charge >= 0.3 is 11.9 Å². The van der Waals surface area contributed by atoms with Crippen molar-refractivity contribution in [1.29, 1.82) is 0 Å². The minimum Gasteiger partial charge on any atom is -0.469 e. The first-order valence-electron chi connectivity index (χ1n) is 8.41. The van der Waals surface area contributed by atoms with E-state index >= 15 is 0 Å². The first kappa shape index (κ1) is 16.9. The second-order valence-electron chi connectivity index (χ2n) is 6.32. The summed E-state index contributed by atoms with van der Waals surface area (Å²) in [4.78, 5) is 28.8. The summed E-state index contributed by atoms with van der Waals surface area (Å²) in [6, 6.07) is 8.98. The number of hydrogen-bond donors (Lipinski definition) is 0. The Bertz CT molecular complexity index is 562. The Hall–Kier alpha value is -1.92. The molecule has 3 rings (SSSR count). The zero-order valence-electron chi connectivity index (χ0n) is 13.8. The number of rotatable bonds is 5. The summed E-state index contributed by atoms with van der Waals surface area (Å²) in [5.41, 5.74) is 0.555. The lowest BCUT2D eigenvalue weighted by Crippen LogP contribution is -2.43. The molecule has 2 aliphatic rings. The molecule has 6 nitrogen and oxygen atoms in total. The fraction of sp³-hybridized carbons (Fsp3) is 0.556. The van der Waals surface area contributed by atoms with Crippen molar-refractivity contribution in [2.24, 2.45) is 5.92 Å². The summed E-state index contributed by atoms with van der Waals surface area (Å²) in [6.07, 6.45) is 3.45. The van der Waals surface area contributed by atoms with Crippen LogP contribution in [0.5, 0.6) is 0 Å². The van der Waals surface area contributed by atoms with E-state index in [0.29, 0.717) is 18.7 Å². The highest BCUT2D eigenvalue weighted by Crippen LogP contribution is 2.33. The van der Waals surface area contributed by atoms with Crippen molar-refractivity contribution in [3.63, 3.8) is 0 Å². The molecule has 130 valence electrons. The fourth-order valence-electron chi connectivity index (χ4n) is 3.11. The minimum absolute atomic E-state index is 0.00748. The number of piperidine rings is 1. The van der Waals surface area contributed by atoms with Crippen molar-refractivity contribution < 1.29 is 23.9 Å². The fourth-order valence-corrected chi connectivity index (χ4v) is 3.11. The lowest BCUT2D eigenvalue weighted by atomic mass is 9.82. The van der Waals surface area contributed by atoms with Crippen LogP contribution in [0.3, 0.4) is 0 Å². The van der Waals surface area contributed by atoms with Crippen molar-refractivity contribution in [3.8, 4) is 0 Å². The van der Waals surface area contributed by atoms with Crippen LogP contribution in [-0.4, -0.2) is 49.4 Å². The molecule has 1 saturated heterocycles. The SMILES string of the molecule is COC(=O)C1CC(OC2CCN(OC(=O)c3ccccc3)CC2)C1. The van der Waals surface area contributed by atoms with E-state index < -0.39 is 0 Å². The van der Waals surface area contributed by atoms with E-state index in [0.717, 1.165) is 25.7 Å². The maximum Gasteiger partial charge on any atom is 0.357 e. The standard InChI is InChI=1S/C18H23NO5/c1-22-17(20)14-11-16(12-14)23-15-7-9-19(10-8-15)24-18(21)13-5-3-2-4-6-13/h2-6,14-16H,7-12H2,1H3. The highest BCUT2D eigenvalue weighted by atomic mass is 16.7. The average molecular weight is 333 g/mol. The van der Waals surface area contributed by atoms with Gasteiger partial charge in [0.15, 0.2) is 0 Å². The molecule has 1 aromatic carbocycles. The molecule has 6 heteroatoms. The average Bonchev–Trinajstić information content (AvgIpc) is 2.59. The monoisotopic (exact) mass is 333 g/mol. The predicted octanol–water partition coefficient (Wildman–Crippen LogP) is 2.19. The third-order valence-corrected chi connectivity index (χ3v) is 4.64. The second-order valence-corrected chi connectivity index (χ2v) is 6.32. The van der Waals surface area contributed by atoms with Crippen LogP contribution in [0.1, 0.15) is 36.0 Å². The van der Waals surface area contributed by atoms with Gasteiger partial charge in [0.05, 0.1) is 30.8 Å². The maximum absolute atomic E-state index is 12.0. The predicted molar refractivity (Wildman–Crippen MR) is 86.1 cm³/mol. The molecule has 1 aliphatic heterocycles. The molecule has 1 aromatic rings. The zero-order valence-corrected chi connectivity index (χ0v) is 13.8. The topological polar surface area (TPSA) is 65.1 Å². The van der Waals surface area contributed by atoms with Crippen molar-refractivity contribution in [2.45, 2.75) is 37.9 Å². The van der Waals surface area contributed by atoms with Gasteiger partial charge in [0.2, 0.25) is 0 Å². The second kappa shape index (κ2) is 7.77. The summed E-state index contributed by atoms with van der Waals surface area (Å²) in [7, 11) is 1.42. The number of carbonyl (C=O) groups excluding carboxylic acids is 2. The van der Waals surface area contributed by atoms with Crippen LogP contribution in [0.25, 0.3) is 0 Å². The molecule has 0 N–H and O–H groups in total. The van der Waals surface area contributed by atoms with Gasteiger partial charge in [0.1, 0.15) is 0 Å². The van der Waals surface area contributed by atoms with Gasteiger partial charge in [-0.2, -0.15) is 0 Å². The van der Waals surface area contributed by atoms with E-state index in [1.165, 1.54) is 7.11 Å². The molecule has 0 unspecified atom stereocenters. The first-order valence-corrected chi connectivity index (χ1v) is 8.41. The van der Waals surface area contributed by atoms with Crippen LogP contribution in [0.4, 0.5) is 0 Å². The quantitative estimate of drug-likeness (QED) is 0.770. The number of hydroxylamine groups is 2. The molecular weight excluding hydrogens is 310 g/mol. The first-order chi connectivity index (χ1) is 11.7. The number of ether oxygens (including phenoxy) is 2. The van der Waals surface area contributed by atoms with Crippen LogP contribution in [0, 0.1) is 5.92 Å². The van der Waals surface area contributed by atoms with E-state index in [1.54, 1.807) is 17.2 Å². The van der Waals surface area contributed by atoms with Gasteiger partial charge in [-0.25, -0.2) is 4.79 Å². The smallest absolute Gasteiger partial charge is 0.357 e. The Morgan fingerprint density at radius 3 is 2.33 bits per heavy atom. The van der Waals surface area contributed by atoms with E-state index in [4.69, 9.17) is 14.3 Å². The van der Waals surface area contributed by atoms with Crippen molar-refractivity contribution in [2.75, 3.05) is 20.2 Å². The Morgan fingerprint density at radius 1 is 1.04 bits per heavy atom. The third-order valence-electron chi connectivity index (χ3n) is 4.64. The normalized spacial score (nSPS) is 24.9. The summed E-state index contributed by atoms with van der Waals surface area (Å²) in [5, 5.41) is 1.70. The number of esters is 1. The molecular formula is C18H23NO5. The Labute approximate surface area is 141 Å². The third kappa shape index (κ3) is 4.13. The molecule has 1 heterocycles. The van der Waals surface area contributed by atoms with Crippen LogP contribution in [-0.2, 0) is 19.1 Å². The number of methoxy groups -OCH3 is 1. The molecule has 0 amide bonds. The molecule has 24 heavy (non-hydrogen) atoms. The Balaban J connectivity index is 1.36. The molecule has 0 radical (unpaired) electrons. The summed E-state index contributed by atoms with van der Waals surface area (Å²) >= 11 is 0. The van der Waals surface area contributed by atoms with Crippen molar-refractivity contribution in [1.82, 2.24) is 5.06 Å². The van der Waals surface area contributed by atoms with Gasteiger partial charge in [-0.3, -0.25) is 4.79 Å². The molecule has 0 spiro atoms. The molecule has 1 aliphatic carbocycles. The maximum atomic E-state index is 12.0. The molecule has 0 aromatic heterocycles. The van der Waals surface area contributed by atoms with Crippen LogP contribution >= 0.6 is 0 Å². The molecule has 0 bridgehead atoms. The lowest BCUT2D eigenvalue weighted by Gasteiger charge is -2.38. The van der Waals surface area contributed by atoms with Gasteiger partial charge in [-0.15, -0.1) is 5.06 Å². The zero-order chi connectivity index (χ0) is 16.9. The summed E-state index contributed by atoms with van der Waals surface area (Å²) < 4.78 is 10.7.